The van der Waals surface area contributed by atoms with Gasteiger partial charge in [0.1, 0.15) is 0 Å². The molecule has 1 aromatic carbocycles. The van der Waals surface area contributed by atoms with Gasteiger partial charge in [0.2, 0.25) is 5.95 Å². The van der Waals surface area contributed by atoms with Crippen LogP contribution in [0, 0.1) is 12.8 Å². The molecule has 5 heteroatoms. The van der Waals surface area contributed by atoms with E-state index in [-0.39, 0.29) is 0 Å². The molecule has 3 fully saturated rings. The number of aryl methyl sites for hydroxylation is 1. The summed E-state index contributed by atoms with van der Waals surface area (Å²) in [6.07, 6.45) is 5.41. The van der Waals surface area contributed by atoms with Crippen LogP contribution in [0.2, 0.25) is 0 Å². The Hall–Kier alpha value is -1.98. The van der Waals surface area contributed by atoms with Crippen molar-refractivity contribution >= 4 is 5.95 Å². The van der Waals surface area contributed by atoms with Gasteiger partial charge in [0.15, 0.2) is 0 Å². The molecule has 142 valence electrons. The number of benzene rings is 1. The zero-order valence-corrected chi connectivity index (χ0v) is 16.4. The van der Waals surface area contributed by atoms with Crippen LogP contribution in [0.1, 0.15) is 23.1 Å². The third-order valence-corrected chi connectivity index (χ3v) is 6.73. The average molecular weight is 364 g/mol. The van der Waals surface area contributed by atoms with Crippen molar-refractivity contribution in [2.75, 3.05) is 51.2 Å². The van der Waals surface area contributed by atoms with Crippen LogP contribution in [0.25, 0.3) is 0 Å². The Morgan fingerprint density at radius 1 is 1.04 bits per heavy atom. The fraction of sp³-hybridized carbons (Fsp3) is 0.545. The van der Waals surface area contributed by atoms with E-state index >= 15 is 0 Å². The van der Waals surface area contributed by atoms with E-state index in [4.69, 9.17) is 0 Å². The summed E-state index contributed by atoms with van der Waals surface area (Å²) in [5, 5.41) is 0. The van der Waals surface area contributed by atoms with Gasteiger partial charge in [-0.1, -0.05) is 29.8 Å². The molecule has 3 aliphatic rings. The molecule has 1 saturated carbocycles. The second kappa shape index (κ2) is 6.57. The number of likely N-dealkylation sites (N-methyl/N-ethyl adjacent to an activating group) is 1. The smallest absolute Gasteiger partial charge is 0.225 e. The molecule has 5 rings (SSSR count). The highest BCUT2D eigenvalue weighted by Gasteiger charge is 2.60. The van der Waals surface area contributed by atoms with Gasteiger partial charge in [-0.3, -0.25) is 4.90 Å². The first-order chi connectivity index (χ1) is 13.1. The van der Waals surface area contributed by atoms with Crippen LogP contribution in [0.4, 0.5) is 5.95 Å². The Morgan fingerprint density at radius 2 is 1.74 bits per heavy atom. The monoisotopic (exact) mass is 363 g/mol. The van der Waals surface area contributed by atoms with Crippen molar-refractivity contribution in [2.24, 2.45) is 5.92 Å². The molecule has 2 atom stereocenters. The summed E-state index contributed by atoms with van der Waals surface area (Å²) in [6.45, 7) is 9.70. The highest BCUT2D eigenvalue weighted by atomic mass is 15.3. The number of rotatable bonds is 4. The van der Waals surface area contributed by atoms with Gasteiger partial charge in [0.05, 0.1) is 0 Å². The standard InChI is InChI=1S/C22H29N5/c1-17-3-5-19(6-4-17)22-11-20(22)15-26(16-22)14-18-12-23-21(24-13-18)27-9-7-25(2)8-10-27/h3-6,12-13,20H,7-11,14-16H2,1-2H3. The highest BCUT2D eigenvalue weighted by Crippen LogP contribution is 2.59. The number of piperidine rings is 1. The van der Waals surface area contributed by atoms with Gasteiger partial charge in [-0.05, 0) is 31.9 Å². The number of hydrogen-bond donors (Lipinski definition) is 0. The van der Waals surface area contributed by atoms with E-state index in [0.29, 0.717) is 5.41 Å². The van der Waals surface area contributed by atoms with Crippen molar-refractivity contribution in [1.29, 1.82) is 0 Å². The molecule has 2 unspecified atom stereocenters. The summed E-state index contributed by atoms with van der Waals surface area (Å²) in [7, 11) is 2.17. The first kappa shape index (κ1) is 17.1. The summed E-state index contributed by atoms with van der Waals surface area (Å²) in [6, 6.07) is 9.19. The third kappa shape index (κ3) is 3.23. The number of nitrogens with zero attached hydrogens (tertiary/aromatic N) is 5. The largest absolute Gasteiger partial charge is 0.338 e. The quantitative estimate of drug-likeness (QED) is 0.833. The molecule has 5 nitrogen and oxygen atoms in total. The lowest BCUT2D eigenvalue weighted by Crippen LogP contribution is -2.45. The maximum atomic E-state index is 4.65. The van der Waals surface area contributed by atoms with E-state index < -0.39 is 0 Å². The maximum absolute atomic E-state index is 4.65. The molecule has 0 amide bonds. The summed E-state index contributed by atoms with van der Waals surface area (Å²) in [4.78, 5) is 16.5. The summed E-state index contributed by atoms with van der Waals surface area (Å²) in [5.41, 5.74) is 4.52. The highest BCUT2D eigenvalue weighted by molar-refractivity contribution is 5.38. The lowest BCUT2D eigenvalue weighted by atomic mass is 9.94. The second-order valence-corrected chi connectivity index (χ2v) is 8.77. The molecule has 2 saturated heterocycles. The Labute approximate surface area is 162 Å². The molecule has 27 heavy (non-hydrogen) atoms. The van der Waals surface area contributed by atoms with Gasteiger partial charge in [0.25, 0.3) is 0 Å². The van der Waals surface area contributed by atoms with Crippen LogP contribution >= 0.6 is 0 Å². The van der Waals surface area contributed by atoms with E-state index in [9.17, 15) is 0 Å². The molecule has 3 heterocycles. The van der Waals surface area contributed by atoms with Crippen LogP contribution in [-0.4, -0.2) is 66.1 Å². The molecule has 2 aromatic rings. The maximum Gasteiger partial charge on any atom is 0.225 e. The average Bonchev–Trinajstić information content (AvgIpc) is 3.25. The van der Waals surface area contributed by atoms with Crippen molar-refractivity contribution in [3.8, 4) is 0 Å². The molecule has 0 radical (unpaired) electrons. The fourth-order valence-electron chi connectivity index (χ4n) is 4.90. The number of anilines is 1. The SMILES string of the molecule is Cc1ccc(C23CC2CN(Cc2cnc(N4CCN(C)CC4)nc2)C3)cc1. The van der Waals surface area contributed by atoms with Crippen molar-refractivity contribution in [3.63, 3.8) is 0 Å². The summed E-state index contributed by atoms with van der Waals surface area (Å²) in [5.74, 6) is 1.71. The van der Waals surface area contributed by atoms with Crippen molar-refractivity contribution in [3.05, 3.63) is 53.3 Å². The topological polar surface area (TPSA) is 35.5 Å². The van der Waals surface area contributed by atoms with Gasteiger partial charge in [-0.15, -0.1) is 0 Å². The predicted molar refractivity (Wildman–Crippen MR) is 108 cm³/mol. The van der Waals surface area contributed by atoms with E-state index in [2.05, 4.69) is 62.9 Å². The number of fused-ring (bicyclic) bond motifs is 1. The van der Waals surface area contributed by atoms with E-state index in [1.165, 1.54) is 36.2 Å². The minimum absolute atomic E-state index is 0.411. The van der Waals surface area contributed by atoms with E-state index in [1.54, 1.807) is 0 Å². The Balaban J connectivity index is 1.21. The second-order valence-electron chi connectivity index (χ2n) is 8.77. The van der Waals surface area contributed by atoms with E-state index in [0.717, 1.165) is 44.6 Å². The van der Waals surface area contributed by atoms with E-state index in [1.807, 2.05) is 12.4 Å². The lowest BCUT2D eigenvalue weighted by molar-refractivity contribution is 0.289. The molecular weight excluding hydrogens is 334 g/mol. The van der Waals surface area contributed by atoms with Crippen molar-refractivity contribution in [1.82, 2.24) is 19.8 Å². The van der Waals surface area contributed by atoms with Gasteiger partial charge in [-0.25, -0.2) is 9.97 Å². The number of piperazine rings is 1. The third-order valence-electron chi connectivity index (χ3n) is 6.73. The minimum Gasteiger partial charge on any atom is -0.338 e. The molecule has 0 N–H and O–H groups in total. The first-order valence-corrected chi connectivity index (χ1v) is 10.2. The van der Waals surface area contributed by atoms with Crippen LogP contribution in [0.5, 0.6) is 0 Å². The Bertz CT molecular complexity index is 794. The van der Waals surface area contributed by atoms with Crippen LogP contribution < -0.4 is 4.90 Å². The molecule has 0 spiro atoms. The fourth-order valence-corrected chi connectivity index (χ4v) is 4.90. The van der Waals surface area contributed by atoms with Crippen LogP contribution in [-0.2, 0) is 12.0 Å². The lowest BCUT2D eigenvalue weighted by Gasteiger charge is -2.32. The molecular formula is C22H29N5. The summed E-state index contributed by atoms with van der Waals surface area (Å²) >= 11 is 0. The Kier molecular flexibility index (Phi) is 4.17. The predicted octanol–water partition coefficient (Wildman–Crippen LogP) is 2.31. The van der Waals surface area contributed by atoms with Crippen molar-refractivity contribution < 1.29 is 0 Å². The molecule has 1 aliphatic carbocycles. The number of hydrogen-bond acceptors (Lipinski definition) is 5. The minimum atomic E-state index is 0.411. The van der Waals surface area contributed by atoms with Gasteiger partial charge in [-0.2, -0.15) is 0 Å². The van der Waals surface area contributed by atoms with Gasteiger partial charge >= 0.3 is 0 Å². The van der Waals surface area contributed by atoms with Crippen molar-refractivity contribution in [2.45, 2.75) is 25.3 Å². The zero-order valence-electron chi connectivity index (χ0n) is 16.4. The molecule has 2 aliphatic heterocycles. The van der Waals surface area contributed by atoms with Gasteiger partial charge in [0, 0.05) is 69.2 Å². The molecule has 1 aromatic heterocycles. The first-order valence-electron chi connectivity index (χ1n) is 10.2. The number of aromatic nitrogens is 2. The number of likely N-dealkylation sites (tertiary alicyclic amines) is 1. The zero-order chi connectivity index (χ0) is 18.4. The van der Waals surface area contributed by atoms with Crippen LogP contribution in [0.3, 0.4) is 0 Å². The van der Waals surface area contributed by atoms with Gasteiger partial charge < -0.3 is 9.80 Å². The summed E-state index contributed by atoms with van der Waals surface area (Å²) < 4.78 is 0. The van der Waals surface area contributed by atoms with Crippen LogP contribution in [0.15, 0.2) is 36.7 Å². The molecule has 0 bridgehead atoms. The Morgan fingerprint density at radius 3 is 2.44 bits per heavy atom. The normalized spacial score (nSPS) is 28.4.